The van der Waals surface area contributed by atoms with Crippen LogP contribution in [-0.2, 0) is 0 Å². The molecule has 6 nitrogen and oxygen atoms in total. The molecule has 152 valence electrons. The molecule has 0 atom stereocenters. The zero-order chi connectivity index (χ0) is 22.5. The summed E-state index contributed by atoms with van der Waals surface area (Å²) in [5.74, 6) is -1.66. The van der Waals surface area contributed by atoms with Gasteiger partial charge in [-0.05, 0) is 44.4 Å². The van der Waals surface area contributed by atoms with E-state index in [1.807, 2.05) is 0 Å². The number of benzene rings is 1. The number of aromatic hydroxyl groups is 1. The van der Waals surface area contributed by atoms with Crippen LogP contribution in [0, 0.1) is 19.8 Å². The number of pyridine rings is 1. The van der Waals surface area contributed by atoms with Crippen LogP contribution in [0.4, 0.5) is 19.0 Å². The van der Waals surface area contributed by atoms with Crippen LogP contribution >= 0.6 is 0 Å². The van der Waals surface area contributed by atoms with Gasteiger partial charge in [-0.2, -0.15) is 13.2 Å². The van der Waals surface area contributed by atoms with E-state index in [4.69, 9.17) is 11.5 Å². The molecule has 1 aliphatic rings. The van der Waals surface area contributed by atoms with Gasteiger partial charge in [-0.3, -0.25) is 14.2 Å². The topological polar surface area (TPSA) is 111 Å². The molecule has 11 heteroatoms. The molecule has 0 spiro atoms. The highest BCUT2D eigenvalue weighted by Gasteiger charge is 2.46. The van der Waals surface area contributed by atoms with Crippen molar-refractivity contribution < 1.29 is 23.1 Å². The number of hydrogen-bond acceptors (Lipinski definition) is 4. The SMILES string of the molecule is Cc1ccc(O)c(C)c1-n1c(N)c(C(N)=O)ccc1=O.FC(F)(F)C1CC1.[B][B]. The standard InChI is InChI=1S/C14H15N3O3.C4H5F3.B2/c1-7-3-5-10(18)8(2)12(7)17-11(19)6-4-9(13(17)15)14(16)20;5-4(6,7)3-1-2-3;1-2/h3-6,18H,15H2,1-2H3,(H2,16,20);3H,1-2H2;. The van der Waals surface area contributed by atoms with E-state index in [9.17, 15) is 27.9 Å². The van der Waals surface area contributed by atoms with Crippen molar-refractivity contribution in [3.8, 4) is 11.4 Å². The van der Waals surface area contributed by atoms with Crippen LogP contribution in [0.25, 0.3) is 5.69 Å². The number of nitrogen functional groups attached to an aromatic ring is 1. The number of rotatable bonds is 2. The summed E-state index contributed by atoms with van der Waals surface area (Å²) in [6, 6.07) is 5.72. The Morgan fingerprint density at radius 2 is 1.72 bits per heavy atom. The molecular weight excluding hydrogens is 385 g/mol. The highest BCUT2D eigenvalue weighted by Crippen LogP contribution is 2.43. The molecule has 1 aromatic carbocycles. The van der Waals surface area contributed by atoms with Crippen LogP contribution in [-0.4, -0.2) is 37.2 Å². The van der Waals surface area contributed by atoms with Gasteiger partial charge in [0.1, 0.15) is 11.6 Å². The third-order valence-electron chi connectivity index (χ3n) is 4.26. The third-order valence-corrected chi connectivity index (χ3v) is 4.26. The van der Waals surface area contributed by atoms with Crippen LogP contribution < -0.4 is 17.0 Å². The molecule has 1 heterocycles. The average Bonchev–Trinajstić information content (AvgIpc) is 3.48. The molecule has 5 N–H and O–H groups in total. The minimum Gasteiger partial charge on any atom is -0.508 e. The summed E-state index contributed by atoms with van der Waals surface area (Å²) >= 11 is 0. The Bertz CT molecular complexity index is 942. The second kappa shape index (κ2) is 9.58. The largest absolute Gasteiger partial charge is 0.508 e. The fourth-order valence-corrected chi connectivity index (χ4v) is 2.57. The lowest BCUT2D eigenvalue weighted by Gasteiger charge is -2.17. The second-order valence-corrected chi connectivity index (χ2v) is 6.36. The van der Waals surface area contributed by atoms with E-state index >= 15 is 0 Å². The summed E-state index contributed by atoms with van der Waals surface area (Å²) in [6.45, 7) is 3.45. The van der Waals surface area contributed by atoms with Gasteiger partial charge < -0.3 is 16.6 Å². The number of phenols is 1. The number of aromatic nitrogens is 1. The molecule has 0 aliphatic heterocycles. The molecule has 3 rings (SSSR count). The lowest BCUT2D eigenvalue weighted by atomic mass is 9.81. The van der Waals surface area contributed by atoms with E-state index in [0.29, 0.717) is 24.1 Å². The van der Waals surface area contributed by atoms with Crippen molar-refractivity contribution >= 4 is 27.2 Å². The van der Waals surface area contributed by atoms with Crippen LogP contribution in [0.3, 0.4) is 0 Å². The Balaban J connectivity index is 0.000000390. The van der Waals surface area contributed by atoms with E-state index in [1.165, 1.54) is 22.8 Å². The maximum atomic E-state index is 12.1. The number of aryl methyl sites for hydroxylation is 1. The van der Waals surface area contributed by atoms with Crippen molar-refractivity contribution in [2.24, 2.45) is 11.7 Å². The fraction of sp³-hybridized carbons (Fsp3) is 0.333. The summed E-state index contributed by atoms with van der Waals surface area (Å²) in [4.78, 5) is 23.4. The number of halogens is 3. The summed E-state index contributed by atoms with van der Waals surface area (Å²) in [6.07, 6.45) is -3.19. The van der Waals surface area contributed by atoms with E-state index < -0.39 is 23.6 Å². The number of phenolic OH excluding ortho intramolecular Hbond substituents is 1. The lowest BCUT2D eigenvalue weighted by molar-refractivity contribution is -0.147. The maximum absolute atomic E-state index is 12.1. The first-order valence-corrected chi connectivity index (χ1v) is 8.46. The van der Waals surface area contributed by atoms with Gasteiger partial charge in [-0.15, -0.1) is 0 Å². The first kappa shape index (κ1) is 24.2. The van der Waals surface area contributed by atoms with Gasteiger partial charge >= 0.3 is 6.18 Å². The smallest absolute Gasteiger partial charge is 0.391 e. The number of nitrogens with zero attached hydrogens (tertiary/aromatic N) is 1. The van der Waals surface area contributed by atoms with Crippen molar-refractivity contribution in [2.45, 2.75) is 32.9 Å². The number of carbonyl (C=O) groups is 1. The number of primary amides is 1. The van der Waals surface area contributed by atoms with Crippen LogP contribution in [0.2, 0.25) is 0 Å². The number of nitrogens with two attached hydrogens (primary N) is 2. The van der Waals surface area contributed by atoms with Crippen molar-refractivity contribution in [1.82, 2.24) is 4.57 Å². The number of amides is 1. The van der Waals surface area contributed by atoms with Gasteiger partial charge in [0.25, 0.3) is 11.5 Å². The van der Waals surface area contributed by atoms with Gasteiger partial charge in [0.15, 0.2) is 0 Å². The summed E-state index contributed by atoms with van der Waals surface area (Å²) in [7, 11) is 8.00. The van der Waals surface area contributed by atoms with E-state index in [0.717, 1.165) is 5.56 Å². The molecule has 1 amide bonds. The Kier molecular flexibility index (Phi) is 7.99. The van der Waals surface area contributed by atoms with E-state index in [-0.39, 0.29) is 17.1 Å². The number of anilines is 1. The maximum Gasteiger partial charge on any atom is 0.391 e. The normalized spacial score (nSPS) is 12.9. The summed E-state index contributed by atoms with van der Waals surface area (Å²) < 4.78 is 34.9. The molecule has 1 aromatic heterocycles. The zero-order valence-corrected chi connectivity index (χ0v) is 16.0. The van der Waals surface area contributed by atoms with Crippen molar-refractivity contribution in [1.29, 1.82) is 0 Å². The zero-order valence-electron chi connectivity index (χ0n) is 16.0. The van der Waals surface area contributed by atoms with E-state index in [2.05, 4.69) is 15.5 Å². The Morgan fingerprint density at radius 1 is 1.17 bits per heavy atom. The lowest BCUT2D eigenvalue weighted by Crippen LogP contribution is -2.26. The predicted molar refractivity (Wildman–Crippen MR) is 106 cm³/mol. The molecule has 0 saturated heterocycles. The monoisotopic (exact) mass is 405 g/mol. The number of hydrogen-bond donors (Lipinski definition) is 3. The molecule has 4 radical (unpaired) electrons. The number of carbonyl (C=O) groups excluding carboxylic acids is 1. The molecule has 0 bridgehead atoms. The minimum absolute atomic E-state index is 0.0400. The van der Waals surface area contributed by atoms with Crippen LogP contribution in [0.5, 0.6) is 5.75 Å². The molecule has 0 unspecified atom stereocenters. The van der Waals surface area contributed by atoms with Crippen LogP contribution in [0.15, 0.2) is 29.1 Å². The minimum atomic E-state index is -3.89. The molecule has 1 fully saturated rings. The average molecular weight is 405 g/mol. The molecule has 29 heavy (non-hydrogen) atoms. The Labute approximate surface area is 168 Å². The van der Waals surface area contributed by atoms with Gasteiger partial charge in [-0.1, -0.05) is 6.07 Å². The fourth-order valence-electron chi connectivity index (χ4n) is 2.57. The number of alkyl halides is 3. The van der Waals surface area contributed by atoms with Crippen molar-refractivity contribution in [3.63, 3.8) is 0 Å². The van der Waals surface area contributed by atoms with Crippen molar-refractivity contribution in [2.75, 3.05) is 5.73 Å². The van der Waals surface area contributed by atoms with Crippen LogP contribution in [0.1, 0.15) is 34.3 Å². The molecule has 1 aliphatic carbocycles. The molecule has 2 aromatic rings. The predicted octanol–water partition coefficient (Wildman–Crippen LogP) is 2.04. The molecule has 1 saturated carbocycles. The van der Waals surface area contributed by atoms with Gasteiger partial charge in [0.2, 0.25) is 0 Å². The first-order chi connectivity index (χ1) is 13.4. The second-order valence-electron chi connectivity index (χ2n) is 6.36. The molecular formula is C18H20B2F3N3O3. The quantitative estimate of drug-likeness (QED) is 0.665. The Morgan fingerprint density at radius 3 is 2.14 bits per heavy atom. The van der Waals surface area contributed by atoms with Gasteiger partial charge in [-0.25, -0.2) is 0 Å². The first-order valence-electron chi connectivity index (χ1n) is 8.46. The summed E-state index contributed by atoms with van der Waals surface area (Å²) in [5, 5.41) is 9.80. The van der Waals surface area contributed by atoms with Crippen molar-refractivity contribution in [3.05, 3.63) is 51.3 Å². The highest BCUT2D eigenvalue weighted by atomic mass is 19.4. The Hall–Kier alpha value is -2.84. The summed E-state index contributed by atoms with van der Waals surface area (Å²) in [5.41, 5.74) is 12.5. The highest BCUT2D eigenvalue weighted by molar-refractivity contribution is 6.75. The van der Waals surface area contributed by atoms with Gasteiger partial charge in [0.05, 0.1) is 17.2 Å². The van der Waals surface area contributed by atoms with E-state index in [1.54, 1.807) is 19.9 Å². The third kappa shape index (κ3) is 5.82. The van der Waals surface area contributed by atoms with Gasteiger partial charge in [0, 0.05) is 27.1 Å².